The number of hydrogen-bond acceptors (Lipinski definition) is 5. The fourth-order valence-corrected chi connectivity index (χ4v) is 4.46. The smallest absolute Gasteiger partial charge is 0.240 e. The van der Waals surface area contributed by atoms with Gasteiger partial charge in [-0.1, -0.05) is 66.7 Å². The number of fused-ring (bicyclic) bond motifs is 1. The Morgan fingerprint density at radius 1 is 1.14 bits per heavy atom. The molecule has 2 atom stereocenters. The maximum Gasteiger partial charge on any atom is 0.240 e. The van der Waals surface area contributed by atoms with Crippen LogP contribution in [0.3, 0.4) is 0 Å². The number of aromatic nitrogens is 3. The molecular weight excluding hydrogens is 370 g/mol. The first-order valence-electron chi connectivity index (χ1n) is 9.37. The molecule has 0 fully saturated rings. The summed E-state index contributed by atoms with van der Waals surface area (Å²) in [6.07, 6.45) is 0.863. The molecule has 0 aliphatic carbocycles. The molecular formula is C21H23N5OS. The third-order valence-corrected chi connectivity index (χ3v) is 6.16. The van der Waals surface area contributed by atoms with Gasteiger partial charge in [0.25, 0.3) is 0 Å². The second kappa shape index (κ2) is 7.67. The minimum absolute atomic E-state index is 0.0455. The van der Waals surface area contributed by atoms with Gasteiger partial charge in [-0.2, -0.15) is 0 Å². The van der Waals surface area contributed by atoms with Gasteiger partial charge in [0.05, 0.1) is 6.04 Å². The van der Waals surface area contributed by atoms with Crippen LogP contribution in [0.25, 0.3) is 0 Å². The van der Waals surface area contributed by atoms with E-state index in [2.05, 4.69) is 59.1 Å². The summed E-state index contributed by atoms with van der Waals surface area (Å²) in [5.74, 6) is 0.727. The second-order valence-corrected chi connectivity index (χ2v) is 8.03. The van der Waals surface area contributed by atoms with E-state index in [1.54, 1.807) is 0 Å². The number of para-hydroxylation sites is 1. The highest BCUT2D eigenvalue weighted by Gasteiger charge is 2.37. The van der Waals surface area contributed by atoms with Crippen molar-refractivity contribution < 1.29 is 4.79 Å². The lowest BCUT2D eigenvalue weighted by molar-refractivity contribution is -0.116. The highest BCUT2D eigenvalue weighted by atomic mass is 32.2. The van der Waals surface area contributed by atoms with Crippen LogP contribution in [0.1, 0.15) is 35.5 Å². The number of nitrogens with one attached hydrogen (secondary N) is 2. The molecule has 0 radical (unpaired) electrons. The van der Waals surface area contributed by atoms with E-state index in [4.69, 9.17) is 0 Å². The van der Waals surface area contributed by atoms with Gasteiger partial charge in [-0.15, -0.1) is 10.2 Å². The molecule has 0 bridgehead atoms. The number of carbonyl (C=O) groups is 1. The Balaban J connectivity index is 1.67. The van der Waals surface area contributed by atoms with E-state index in [1.165, 1.54) is 17.3 Å². The minimum atomic E-state index is -0.372. The predicted octanol–water partition coefficient (Wildman–Crippen LogP) is 3.86. The summed E-state index contributed by atoms with van der Waals surface area (Å²) in [4.78, 5) is 13.3. The largest absolute Gasteiger partial charge is 0.325 e. The standard InChI is InChI=1S/C21H23N5OS/c1-4-15-7-5-6-8-17(15)22-20(27)19-18(16-11-9-13(2)10-12-16)25-26-14(3)23-24-21(26)28-19/h5-12,18-19,25H,4H2,1-3H3,(H,22,27)/t18-,19+/m0/s1. The summed E-state index contributed by atoms with van der Waals surface area (Å²) in [6, 6.07) is 16.0. The van der Waals surface area contributed by atoms with Crippen molar-refractivity contribution in [3.05, 3.63) is 71.0 Å². The molecule has 2 heterocycles. The Morgan fingerprint density at radius 2 is 1.89 bits per heavy atom. The number of benzene rings is 2. The first kappa shape index (κ1) is 18.6. The summed E-state index contributed by atoms with van der Waals surface area (Å²) in [6.45, 7) is 6.04. The van der Waals surface area contributed by atoms with Gasteiger partial charge in [0.2, 0.25) is 11.1 Å². The second-order valence-electron chi connectivity index (χ2n) is 6.92. The van der Waals surface area contributed by atoms with Crippen molar-refractivity contribution in [2.24, 2.45) is 0 Å². The van der Waals surface area contributed by atoms with Crippen molar-refractivity contribution in [1.29, 1.82) is 0 Å². The van der Waals surface area contributed by atoms with E-state index in [0.29, 0.717) is 5.16 Å². The molecule has 7 heteroatoms. The molecule has 0 spiro atoms. The Labute approximate surface area is 168 Å². The number of aryl methyl sites for hydroxylation is 3. The van der Waals surface area contributed by atoms with E-state index in [9.17, 15) is 4.79 Å². The zero-order valence-electron chi connectivity index (χ0n) is 16.1. The summed E-state index contributed by atoms with van der Waals surface area (Å²) in [5.41, 5.74) is 7.66. The van der Waals surface area contributed by atoms with Gasteiger partial charge in [0, 0.05) is 5.69 Å². The quantitative estimate of drug-likeness (QED) is 0.704. The molecule has 0 saturated heterocycles. The van der Waals surface area contributed by atoms with Crippen molar-refractivity contribution in [2.45, 2.75) is 43.6 Å². The zero-order valence-corrected chi connectivity index (χ0v) is 17.0. The first-order chi connectivity index (χ1) is 13.6. The molecule has 144 valence electrons. The van der Waals surface area contributed by atoms with Crippen LogP contribution in [0.2, 0.25) is 0 Å². The topological polar surface area (TPSA) is 71.8 Å². The van der Waals surface area contributed by atoms with Gasteiger partial charge in [0.15, 0.2) is 0 Å². The van der Waals surface area contributed by atoms with Crippen LogP contribution in [0.5, 0.6) is 0 Å². The maximum absolute atomic E-state index is 13.3. The highest BCUT2D eigenvalue weighted by molar-refractivity contribution is 8.00. The number of amides is 1. The molecule has 0 saturated carbocycles. The van der Waals surface area contributed by atoms with Gasteiger partial charge < -0.3 is 10.7 Å². The van der Waals surface area contributed by atoms with E-state index < -0.39 is 0 Å². The molecule has 2 N–H and O–H groups in total. The molecule has 1 amide bonds. The Hall–Kier alpha value is -2.80. The van der Waals surface area contributed by atoms with E-state index >= 15 is 0 Å². The number of nitrogens with zero attached hydrogens (tertiary/aromatic N) is 3. The van der Waals surface area contributed by atoms with Crippen LogP contribution < -0.4 is 10.7 Å². The fraction of sp³-hybridized carbons (Fsp3) is 0.286. The lowest BCUT2D eigenvalue weighted by atomic mass is 10.0. The Kier molecular flexibility index (Phi) is 5.09. The Bertz CT molecular complexity index is 998. The summed E-state index contributed by atoms with van der Waals surface area (Å²) >= 11 is 1.44. The average Bonchev–Trinajstić information content (AvgIpc) is 3.08. The van der Waals surface area contributed by atoms with Crippen LogP contribution in [-0.2, 0) is 11.2 Å². The van der Waals surface area contributed by atoms with E-state index in [-0.39, 0.29) is 17.2 Å². The number of hydrogen-bond donors (Lipinski definition) is 2. The lowest BCUT2D eigenvalue weighted by Crippen LogP contribution is -2.41. The van der Waals surface area contributed by atoms with Gasteiger partial charge in [-0.05, 0) is 37.5 Å². The molecule has 0 unspecified atom stereocenters. The summed E-state index contributed by atoms with van der Waals surface area (Å²) in [7, 11) is 0. The highest BCUT2D eigenvalue weighted by Crippen LogP contribution is 2.37. The number of anilines is 1. The third-order valence-electron chi connectivity index (χ3n) is 4.95. The van der Waals surface area contributed by atoms with Gasteiger partial charge in [-0.25, -0.2) is 4.68 Å². The van der Waals surface area contributed by atoms with Crippen LogP contribution in [0, 0.1) is 13.8 Å². The SMILES string of the molecule is CCc1ccccc1NC(=O)[C@@H]1Sc2nnc(C)n2N[C@H]1c1ccc(C)cc1. The van der Waals surface area contributed by atoms with Crippen molar-refractivity contribution >= 4 is 23.4 Å². The number of rotatable bonds is 4. The Morgan fingerprint density at radius 3 is 2.64 bits per heavy atom. The predicted molar refractivity (Wildman–Crippen MR) is 112 cm³/mol. The first-order valence-corrected chi connectivity index (χ1v) is 10.3. The summed E-state index contributed by atoms with van der Waals surface area (Å²) in [5, 5.41) is 11.8. The van der Waals surface area contributed by atoms with Crippen molar-refractivity contribution in [2.75, 3.05) is 10.7 Å². The van der Waals surface area contributed by atoms with Crippen molar-refractivity contribution in [1.82, 2.24) is 14.9 Å². The van der Waals surface area contributed by atoms with Crippen molar-refractivity contribution in [3.8, 4) is 0 Å². The van der Waals surface area contributed by atoms with E-state index in [1.807, 2.05) is 35.9 Å². The van der Waals surface area contributed by atoms with Gasteiger partial charge in [-0.3, -0.25) is 4.79 Å². The normalized spacial score (nSPS) is 18.2. The fourth-order valence-electron chi connectivity index (χ4n) is 3.34. The molecule has 1 aliphatic rings. The van der Waals surface area contributed by atoms with Crippen LogP contribution in [-0.4, -0.2) is 26.0 Å². The molecule has 28 heavy (non-hydrogen) atoms. The maximum atomic E-state index is 13.3. The number of thioether (sulfide) groups is 1. The molecule has 1 aromatic heterocycles. The van der Waals surface area contributed by atoms with Crippen LogP contribution in [0.4, 0.5) is 5.69 Å². The molecule has 2 aromatic carbocycles. The van der Waals surface area contributed by atoms with Crippen LogP contribution in [0.15, 0.2) is 53.7 Å². The van der Waals surface area contributed by atoms with Crippen LogP contribution >= 0.6 is 11.8 Å². The average molecular weight is 394 g/mol. The van der Waals surface area contributed by atoms with Gasteiger partial charge in [0.1, 0.15) is 11.1 Å². The minimum Gasteiger partial charge on any atom is -0.325 e. The summed E-state index contributed by atoms with van der Waals surface area (Å²) < 4.78 is 1.86. The molecule has 4 rings (SSSR count). The third kappa shape index (κ3) is 3.49. The molecule has 1 aliphatic heterocycles. The van der Waals surface area contributed by atoms with E-state index in [0.717, 1.165) is 29.1 Å². The van der Waals surface area contributed by atoms with Gasteiger partial charge >= 0.3 is 0 Å². The lowest BCUT2D eigenvalue weighted by Gasteiger charge is -2.33. The molecule has 6 nitrogen and oxygen atoms in total. The zero-order chi connectivity index (χ0) is 19.7. The van der Waals surface area contributed by atoms with Crippen molar-refractivity contribution in [3.63, 3.8) is 0 Å². The monoisotopic (exact) mass is 393 g/mol. The number of carbonyl (C=O) groups excluding carboxylic acids is 1. The molecule has 3 aromatic rings.